The van der Waals surface area contributed by atoms with Gasteiger partial charge >= 0.3 is 0 Å². The van der Waals surface area contributed by atoms with E-state index in [-0.39, 0.29) is 0 Å². The Morgan fingerprint density at radius 1 is 1.24 bits per heavy atom. The van der Waals surface area contributed by atoms with E-state index in [0.29, 0.717) is 10.7 Å². The zero-order valence-electron chi connectivity index (χ0n) is 9.30. The Morgan fingerprint density at radius 2 is 1.94 bits per heavy atom. The van der Waals surface area contributed by atoms with Crippen molar-refractivity contribution < 1.29 is 4.79 Å². The Morgan fingerprint density at radius 3 is 2.59 bits per heavy atom. The van der Waals surface area contributed by atoms with Crippen LogP contribution in [0.15, 0.2) is 42.6 Å². The quantitative estimate of drug-likeness (QED) is 0.779. The SMILES string of the molecule is CN(c1ccc(Cl)cc1)c1cccnc1C=O. The third-order valence-electron chi connectivity index (χ3n) is 2.50. The minimum Gasteiger partial charge on any atom is -0.343 e. The molecule has 0 aliphatic rings. The van der Waals surface area contributed by atoms with E-state index in [2.05, 4.69) is 4.98 Å². The van der Waals surface area contributed by atoms with Gasteiger partial charge in [0.1, 0.15) is 5.69 Å². The molecule has 1 heterocycles. The molecule has 0 saturated carbocycles. The molecule has 0 fully saturated rings. The maximum Gasteiger partial charge on any atom is 0.170 e. The average molecular weight is 247 g/mol. The summed E-state index contributed by atoms with van der Waals surface area (Å²) in [5.74, 6) is 0. The first kappa shape index (κ1) is 11.6. The molecule has 0 aliphatic heterocycles. The largest absolute Gasteiger partial charge is 0.343 e. The van der Waals surface area contributed by atoms with Crippen LogP contribution in [0.2, 0.25) is 5.02 Å². The van der Waals surface area contributed by atoms with Gasteiger partial charge in [-0.3, -0.25) is 9.78 Å². The molecule has 86 valence electrons. The summed E-state index contributed by atoms with van der Waals surface area (Å²) in [5.41, 5.74) is 2.14. The second-order valence-electron chi connectivity index (χ2n) is 3.56. The fourth-order valence-electron chi connectivity index (χ4n) is 1.59. The van der Waals surface area contributed by atoms with Crippen molar-refractivity contribution in [1.82, 2.24) is 4.98 Å². The normalized spacial score (nSPS) is 10.0. The lowest BCUT2D eigenvalue weighted by Gasteiger charge is -2.20. The summed E-state index contributed by atoms with van der Waals surface area (Å²) < 4.78 is 0. The van der Waals surface area contributed by atoms with E-state index in [9.17, 15) is 4.79 Å². The van der Waals surface area contributed by atoms with E-state index < -0.39 is 0 Å². The Balaban J connectivity index is 2.39. The van der Waals surface area contributed by atoms with Crippen molar-refractivity contribution >= 4 is 29.3 Å². The van der Waals surface area contributed by atoms with E-state index in [0.717, 1.165) is 17.7 Å². The Hall–Kier alpha value is -1.87. The number of anilines is 2. The number of carbonyl (C=O) groups is 1. The van der Waals surface area contributed by atoms with Crippen molar-refractivity contribution in [2.24, 2.45) is 0 Å². The van der Waals surface area contributed by atoms with Crippen molar-refractivity contribution in [1.29, 1.82) is 0 Å². The maximum absolute atomic E-state index is 10.9. The molecule has 2 rings (SSSR count). The highest BCUT2D eigenvalue weighted by molar-refractivity contribution is 6.30. The Labute approximate surface area is 105 Å². The van der Waals surface area contributed by atoms with Gasteiger partial charge < -0.3 is 4.90 Å². The molecule has 17 heavy (non-hydrogen) atoms. The van der Waals surface area contributed by atoms with Gasteiger partial charge in [0.15, 0.2) is 6.29 Å². The van der Waals surface area contributed by atoms with Crippen molar-refractivity contribution in [3.8, 4) is 0 Å². The van der Waals surface area contributed by atoms with Gasteiger partial charge in [0.25, 0.3) is 0 Å². The summed E-state index contributed by atoms with van der Waals surface area (Å²) in [6, 6.07) is 11.1. The number of rotatable bonds is 3. The van der Waals surface area contributed by atoms with Crippen LogP contribution in [0, 0.1) is 0 Å². The van der Waals surface area contributed by atoms with Crippen molar-refractivity contribution in [3.63, 3.8) is 0 Å². The zero-order chi connectivity index (χ0) is 12.3. The molecule has 0 saturated heterocycles. The number of nitrogens with zero attached hydrogens (tertiary/aromatic N) is 2. The number of aromatic nitrogens is 1. The van der Waals surface area contributed by atoms with Gasteiger partial charge in [-0.2, -0.15) is 0 Å². The topological polar surface area (TPSA) is 33.2 Å². The number of carbonyl (C=O) groups excluding carboxylic acids is 1. The number of benzene rings is 1. The lowest BCUT2D eigenvalue weighted by molar-refractivity contribution is 0.111. The zero-order valence-corrected chi connectivity index (χ0v) is 10.1. The van der Waals surface area contributed by atoms with E-state index in [1.807, 2.05) is 42.3 Å². The van der Waals surface area contributed by atoms with Crippen LogP contribution in [-0.2, 0) is 0 Å². The number of pyridine rings is 1. The summed E-state index contributed by atoms with van der Waals surface area (Å²) in [6.45, 7) is 0. The number of hydrogen-bond donors (Lipinski definition) is 0. The number of halogens is 1. The molecular weight excluding hydrogens is 236 g/mol. The van der Waals surface area contributed by atoms with Crippen LogP contribution >= 0.6 is 11.6 Å². The van der Waals surface area contributed by atoms with Crippen LogP contribution in [0.25, 0.3) is 0 Å². The molecule has 1 aromatic heterocycles. The fourth-order valence-corrected chi connectivity index (χ4v) is 1.71. The first-order valence-electron chi connectivity index (χ1n) is 5.12. The molecule has 0 N–H and O–H groups in total. The molecule has 0 unspecified atom stereocenters. The molecule has 0 radical (unpaired) electrons. The first-order valence-corrected chi connectivity index (χ1v) is 5.49. The van der Waals surface area contributed by atoms with E-state index >= 15 is 0 Å². The molecule has 0 atom stereocenters. The van der Waals surface area contributed by atoms with Crippen LogP contribution in [0.4, 0.5) is 11.4 Å². The molecule has 4 heteroatoms. The fraction of sp³-hybridized carbons (Fsp3) is 0.0769. The van der Waals surface area contributed by atoms with Crippen LogP contribution < -0.4 is 4.90 Å². The minimum absolute atomic E-state index is 0.421. The number of hydrogen-bond acceptors (Lipinski definition) is 3. The van der Waals surface area contributed by atoms with Gasteiger partial charge in [0, 0.05) is 24.0 Å². The van der Waals surface area contributed by atoms with Gasteiger partial charge in [-0.05, 0) is 36.4 Å². The third kappa shape index (κ3) is 2.45. The molecule has 3 nitrogen and oxygen atoms in total. The average Bonchev–Trinajstić information content (AvgIpc) is 2.39. The highest BCUT2D eigenvalue weighted by Crippen LogP contribution is 2.25. The van der Waals surface area contributed by atoms with Crippen LogP contribution in [0.5, 0.6) is 0 Å². The van der Waals surface area contributed by atoms with Crippen molar-refractivity contribution in [2.45, 2.75) is 0 Å². The predicted octanol–water partition coefficient (Wildman–Crippen LogP) is 3.32. The van der Waals surface area contributed by atoms with Crippen molar-refractivity contribution in [2.75, 3.05) is 11.9 Å². The molecule has 0 aliphatic carbocycles. The summed E-state index contributed by atoms with van der Waals surface area (Å²) in [4.78, 5) is 16.8. The smallest absolute Gasteiger partial charge is 0.170 e. The van der Waals surface area contributed by atoms with Gasteiger partial charge in [-0.1, -0.05) is 11.6 Å². The summed E-state index contributed by atoms with van der Waals surface area (Å²) >= 11 is 5.83. The van der Waals surface area contributed by atoms with E-state index in [1.54, 1.807) is 12.3 Å². The van der Waals surface area contributed by atoms with Gasteiger partial charge in [-0.15, -0.1) is 0 Å². The highest BCUT2D eigenvalue weighted by atomic mass is 35.5. The lowest BCUT2D eigenvalue weighted by atomic mass is 10.2. The van der Waals surface area contributed by atoms with Crippen LogP contribution in [0.3, 0.4) is 0 Å². The molecular formula is C13H11ClN2O. The Kier molecular flexibility index (Phi) is 3.40. The van der Waals surface area contributed by atoms with Gasteiger partial charge in [0.2, 0.25) is 0 Å². The van der Waals surface area contributed by atoms with Crippen LogP contribution in [-0.4, -0.2) is 18.3 Å². The molecule has 0 bridgehead atoms. The van der Waals surface area contributed by atoms with E-state index in [1.165, 1.54) is 0 Å². The lowest BCUT2D eigenvalue weighted by Crippen LogP contribution is -2.12. The third-order valence-corrected chi connectivity index (χ3v) is 2.76. The standard InChI is InChI=1S/C13H11ClN2O/c1-16(11-6-4-10(14)5-7-11)13-3-2-8-15-12(13)9-17/h2-9H,1H3. The second kappa shape index (κ2) is 4.97. The summed E-state index contributed by atoms with van der Waals surface area (Å²) in [6.07, 6.45) is 2.35. The molecule has 0 spiro atoms. The minimum atomic E-state index is 0.421. The van der Waals surface area contributed by atoms with Crippen molar-refractivity contribution in [3.05, 3.63) is 53.3 Å². The van der Waals surface area contributed by atoms with Gasteiger partial charge in [-0.25, -0.2) is 0 Å². The monoisotopic (exact) mass is 246 g/mol. The maximum atomic E-state index is 10.9. The highest BCUT2D eigenvalue weighted by Gasteiger charge is 2.08. The summed E-state index contributed by atoms with van der Waals surface area (Å²) in [7, 11) is 1.88. The summed E-state index contributed by atoms with van der Waals surface area (Å²) in [5, 5.41) is 0.684. The van der Waals surface area contributed by atoms with E-state index in [4.69, 9.17) is 11.6 Å². The first-order chi connectivity index (χ1) is 8.22. The predicted molar refractivity (Wildman–Crippen MR) is 69.1 cm³/mol. The number of aldehydes is 1. The second-order valence-corrected chi connectivity index (χ2v) is 4.00. The molecule has 1 aromatic carbocycles. The Bertz CT molecular complexity index is 525. The molecule has 0 amide bonds. The van der Waals surface area contributed by atoms with Gasteiger partial charge in [0.05, 0.1) is 5.69 Å². The molecule has 2 aromatic rings. The van der Waals surface area contributed by atoms with Crippen LogP contribution in [0.1, 0.15) is 10.5 Å².